The van der Waals surface area contributed by atoms with Gasteiger partial charge in [0.2, 0.25) is 0 Å². The maximum atomic E-state index is 13.2. The van der Waals surface area contributed by atoms with E-state index in [4.69, 9.17) is 9.47 Å². The van der Waals surface area contributed by atoms with Gasteiger partial charge in [0.25, 0.3) is 0 Å². The van der Waals surface area contributed by atoms with E-state index in [0.717, 1.165) is 38.5 Å². The molecule has 4 rings (SSSR count). The van der Waals surface area contributed by atoms with Crippen molar-refractivity contribution in [2.24, 2.45) is 34.5 Å². The molecule has 180 valence electrons. The van der Waals surface area contributed by atoms with Crippen molar-refractivity contribution < 1.29 is 29.0 Å². The number of carbonyl (C=O) groups excluding carboxylic acids is 3. The van der Waals surface area contributed by atoms with E-state index < -0.39 is 23.1 Å². The molecule has 0 saturated heterocycles. The molecule has 0 amide bonds. The van der Waals surface area contributed by atoms with E-state index in [1.807, 2.05) is 6.92 Å². The first-order valence-corrected chi connectivity index (χ1v) is 12.6. The van der Waals surface area contributed by atoms with Crippen LogP contribution in [0.4, 0.5) is 0 Å². The van der Waals surface area contributed by atoms with Crippen molar-refractivity contribution in [1.29, 1.82) is 0 Å². The average molecular weight is 449 g/mol. The third kappa shape index (κ3) is 3.35. The number of hydrogen-bond acceptors (Lipinski definition) is 6. The molecule has 0 unspecified atom stereocenters. The predicted octanol–water partition coefficient (Wildman–Crippen LogP) is 4.21. The van der Waals surface area contributed by atoms with Crippen LogP contribution in [0.3, 0.4) is 0 Å². The molecule has 0 aromatic heterocycles. The van der Waals surface area contributed by atoms with Crippen molar-refractivity contribution in [2.45, 2.75) is 110 Å². The standard InChI is InChI=1S/C26H40O6/c1-6-22(30)26(32-16(3)28)12-10-20-19-8-7-17-13-18(31-15(2)27)9-11-24(17,4)23(19)21(29)14-25(20,26)5/h17-21,23,29H,6-14H2,1-5H3/t17-,18-,19-,20-,21-,23+,24-,25-,26+/m0/s1. The largest absolute Gasteiger partial charge is 0.463 e. The molecule has 0 aromatic carbocycles. The van der Waals surface area contributed by atoms with Crippen LogP contribution in [0.2, 0.25) is 0 Å². The number of aliphatic hydroxyl groups excluding tert-OH is 1. The van der Waals surface area contributed by atoms with Crippen molar-refractivity contribution in [3.63, 3.8) is 0 Å². The lowest BCUT2D eigenvalue weighted by atomic mass is 9.43. The lowest BCUT2D eigenvalue weighted by Crippen LogP contribution is -2.63. The highest BCUT2D eigenvalue weighted by atomic mass is 16.6. The number of esters is 2. The first kappa shape index (κ1) is 23.7. The second kappa shape index (κ2) is 8.11. The van der Waals surface area contributed by atoms with Gasteiger partial charge in [0.1, 0.15) is 6.10 Å². The molecule has 0 aromatic rings. The molecule has 4 fully saturated rings. The fourth-order valence-electron chi connectivity index (χ4n) is 8.89. The smallest absolute Gasteiger partial charge is 0.303 e. The van der Waals surface area contributed by atoms with E-state index in [1.165, 1.54) is 13.8 Å². The minimum absolute atomic E-state index is 0.00175. The quantitative estimate of drug-likeness (QED) is 0.648. The summed E-state index contributed by atoms with van der Waals surface area (Å²) in [4.78, 5) is 36.8. The Morgan fingerprint density at radius 1 is 1.00 bits per heavy atom. The fourth-order valence-corrected chi connectivity index (χ4v) is 8.89. The van der Waals surface area contributed by atoms with Crippen LogP contribution in [0.15, 0.2) is 0 Å². The highest BCUT2D eigenvalue weighted by Crippen LogP contribution is 2.69. The third-order valence-corrected chi connectivity index (χ3v) is 10.1. The van der Waals surface area contributed by atoms with E-state index in [1.54, 1.807) is 0 Å². The van der Waals surface area contributed by atoms with Gasteiger partial charge in [-0.25, -0.2) is 0 Å². The summed E-state index contributed by atoms with van der Waals surface area (Å²) in [6.07, 6.45) is 6.42. The van der Waals surface area contributed by atoms with E-state index in [-0.39, 0.29) is 35.1 Å². The number of fused-ring (bicyclic) bond motifs is 5. The summed E-state index contributed by atoms with van der Waals surface area (Å²) in [6.45, 7) is 9.11. The Morgan fingerprint density at radius 2 is 1.72 bits per heavy atom. The van der Waals surface area contributed by atoms with Crippen LogP contribution in [-0.4, -0.2) is 40.6 Å². The molecule has 4 saturated carbocycles. The zero-order valence-corrected chi connectivity index (χ0v) is 20.3. The Kier molecular flexibility index (Phi) is 6.01. The van der Waals surface area contributed by atoms with Crippen molar-refractivity contribution in [2.75, 3.05) is 0 Å². The molecule has 4 aliphatic carbocycles. The van der Waals surface area contributed by atoms with Crippen molar-refractivity contribution in [3.05, 3.63) is 0 Å². The Hall–Kier alpha value is -1.43. The molecule has 32 heavy (non-hydrogen) atoms. The molecule has 1 N–H and O–H groups in total. The fraction of sp³-hybridized carbons (Fsp3) is 0.885. The zero-order valence-electron chi connectivity index (χ0n) is 20.3. The summed E-state index contributed by atoms with van der Waals surface area (Å²) >= 11 is 0. The lowest BCUT2D eigenvalue weighted by Gasteiger charge is -2.63. The van der Waals surface area contributed by atoms with Gasteiger partial charge in [0, 0.05) is 25.7 Å². The van der Waals surface area contributed by atoms with Crippen LogP contribution >= 0.6 is 0 Å². The summed E-state index contributed by atoms with van der Waals surface area (Å²) < 4.78 is 11.4. The number of ketones is 1. The summed E-state index contributed by atoms with van der Waals surface area (Å²) in [7, 11) is 0. The second-order valence-corrected chi connectivity index (χ2v) is 11.5. The Morgan fingerprint density at radius 3 is 2.34 bits per heavy atom. The first-order valence-electron chi connectivity index (χ1n) is 12.6. The molecule has 0 spiro atoms. The molecular formula is C26H40O6. The molecule has 6 nitrogen and oxygen atoms in total. The van der Waals surface area contributed by atoms with E-state index in [0.29, 0.717) is 31.1 Å². The van der Waals surface area contributed by atoms with Crippen molar-refractivity contribution >= 4 is 17.7 Å². The molecule has 0 aliphatic heterocycles. The van der Waals surface area contributed by atoms with Gasteiger partial charge in [-0.05, 0) is 80.5 Å². The molecule has 0 bridgehead atoms. The lowest BCUT2D eigenvalue weighted by molar-refractivity contribution is -0.213. The van der Waals surface area contributed by atoms with E-state index >= 15 is 0 Å². The number of rotatable bonds is 4. The topological polar surface area (TPSA) is 89.9 Å². The monoisotopic (exact) mass is 448 g/mol. The second-order valence-electron chi connectivity index (χ2n) is 11.5. The summed E-state index contributed by atoms with van der Waals surface area (Å²) in [6, 6.07) is 0. The Labute approximate surface area is 191 Å². The zero-order chi connectivity index (χ0) is 23.5. The molecule has 4 aliphatic rings. The number of hydrogen-bond donors (Lipinski definition) is 1. The van der Waals surface area contributed by atoms with Gasteiger partial charge in [-0.2, -0.15) is 0 Å². The number of Topliss-reactive ketones (excluding diaryl/α,β-unsaturated/α-hetero) is 1. The number of ether oxygens (including phenoxy) is 2. The molecule has 0 radical (unpaired) electrons. The van der Waals surface area contributed by atoms with Gasteiger partial charge in [-0.3, -0.25) is 14.4 Å². The highest BCUT2D eigenvalue weighted by Gasteiger charge is 2.70. The van der Waals surface area contributed by atoms with Crippen molar-refractivity contribution in [1.82, 2.24) is 0 Å². The molecule has 0 heterocycles. The van der Waals surface area contributed by atoms with Crippen LogP contribution in [0, 0.1) is 34.5 Å². The van der Waals surface area contributed by atoms with Crippen LogP contribution in [0.1, 0.15) is 92.4 Å². The predicted molar refractivity (Wildman–Crippen MR) is 118 cm³/mol. The van der Waals surface area contributed by atoms with E-state index in [2.05, 4.69) is 13.8 Å². The maximum absolute atomic E-state index is 13.2. The van der Waals surface area contributed by atoms with Crippen molar-refractivity contribution in [3.8, 4) is 0 Å². The minimum atomic E-state index is -1.12. The highest BCUT2D eigenvalue weighted by molar-refractivity contribution is 5.90. The Bertz CT molecular complexity index is 793. The molecule has 9 atom stereocenters. The van der Waals surface area contributed by atoms with Crippen LogP contribution in [-0.2, 0) is 23.9 Å². The SMILES string of the molecule is CCC(=O)[C@]1(OC(C)=O)CC[C@H]2[C@@H]3CC[C@H]4C[C@@H](OC(C)=O)CC[C@]4(C)[C@H]3[C@@H](O)C[C@@]21C. The third-order valence-electron chi connectivity index (χ3n) is 10.1. The Balaban J connectivity index is 1.65. The van der Waals surface area contributed by atoms with E-state index in [9.17, 15) is 19.5 Å². The molecular weight excluding hydrogens is 408 g/mol. The van der Waals surface area contributed by atoms with Gasteiger partial charge < -0.3 is 14.6 Å². The minimum Gasteiger partial charge on any atom is -0.463 e. The summed E-state index contributed by atoms with van der Waals surface area (Å²) in [5.41, 5.74) is -1.65. The van der Waals surface area contributed by atoms with Crippen LogP contribution in [0.5, 0.6) is 0 Å². The van der Waals surface area contributed by atoms with Gasteiger partial charge in [0.05, 0.1) is 6.10 Å². The van der Waals surface area contributed by atoms with Gasteiger partial charge in [-0.15, -0.1) is 0 Å². The maximum Gasteiger partial charge on any atom is 0.303 e. The van der Waals surface area contributed by atoms with Crippen LogP contribution < -0.4 is 0 Å². The normalized spacial score (nSPS) is 47.6. The first-order chi connectivity index (χ1) is 15.0. The summed E-state index contributed by atoms with van der Waals surface area (Å²) in [5.74, 6) is 0.538. The van der Waals surface area contributed by atoms with Crippen LogP contribution in [0.25, 0.3) is 0 Å². The van der Waals surface area contributed by atoms with Gasteiger partial charge in [-0.1, -0.05) is 20.8 Å². The number of carbonyl (C=O) groups is 3. The van der Waals surface area contributed by atoms with Gasteiger partial charge >= 0.3 is 11.9 Å². The summed E-state index contributed by atoms with van der Waals surface area (Å²) in [5, 5.41) is 11.6. The molecule has 6 heteroatoms. The van der Waals surface area contributed by atoms with Gasteiger partial charge in [0.15, 0.2) is 11.4 Å². The average Bonchev–Trinajstić information content (AvgIpc) is 2.99. The number of aliphatic hydroxyl groups is 1.